The van der Waals surface area contributed by atoms with E-state index in [2.05, 4.69) is 0 Å². The fraction of sp³-hybridized carbons (Fsp3) is 0.444. The van der Waals surface area contributed by atoms with Crippen molar-refractivity contribution in [1.29, 1.82) is 0 Å². The third kappa shape index (κ3) is 1.51. The number of carbonyl (C=O) groups is 2. The van der Waals surface area contributed by atoms with E-state index in [0.29, 0.717) is 16.9 Å². The third-order valence-corrected chi connectivity index (χ3v) is 5.56. The van der Waals surface area contributed by atoms with Crippen molar-refractivity contribution in [1.82, 2.24) is 0 Å². The molecule has 1 aromatic carbocycles. The van der Waals surface area contributed by atoms with Crippen LogP contribution in [0.5, 0.6) is 5.75 Å². The minimum Gasteiger partial charge on any atom is -0.504 e. The Labute approximate surface area is 133 Å². The maximum Gasteiger partial charge on any atom is 0.227 e. The molecule has 5 heteroatoms. The van der Waals surface area contributed by atoms with Gasteiger partial charge in [-0.05, 0) is 44.5 Å². The summed E-state index contributed by atoms with van der Waals surface area (Å²) in [6.45, 7) is 5.42. The number of aliphatic hydroxyl groups is 1. The van der Waals surface area contributed by atoms with E-state index in [0.717, 1.165) is 5.56 Å². The van der Waals surface area contributed by atoms with Crippen LogP contribution in [0, 0.1) is 5.41 Å². The summed E-state index contributed by atoms with van der Waals surface area (Å²) in [5, 5.41) is 10.6. The number of hydrogen-bond donors (Lipinski definition) is 1. The SMILES string of the molecule is COc1ccc2c(c1)C1(C)C(=C(O)C2=O)C(C)(C)C(=O)C2OC21. The summed E-state index contributed by atoms with van der Waals surface area (Å²) in [6.07, 6.45) is -0.821. The smallest absolute Gasteiger partial charge is 0.227 e. The number of epoxide rings is 1. The number of fused-ring (bicyclic) bond motifs is 5. The molecule has 1 N–H and O–H groups in total. The molecule has 1 aliphatic heterocycles. The Kier molecular flexibility index (Phi) is 2.53. The second-order valence-corrected chi connectivity index (χ2v) is 7.13. The normalized spacial score (nSPS) is 33.7. The van der Waals surface area contributed by atoms with Gasteiger partial charge in [0, 0.05) is 16.6 Å². The van der Waals surface area contributed by atoms with E-state index >= 15 is 0 Å². The average Bonchev–Trinajstić information content (AvgIpc) is 3.31. The third-order valence-electron chi connectivity index (χ3n) is 5.56. The first-order valence-electron chi connectivity index (χ1n) is 7.61. The first-order valence-corrected chi connectivity index (χ1v) is 7.61. The van der Waals surface area contributed by atoms with Crippen LogP contribution >= 0.6 is 0 Å². The van der Waals surface area contributed by atoms with E-state index in [9.17, 15) is 14.7 Å². The molecule has 0 bridgehead atoms. The molecule has 1 aromatic rings. The molecule has 3 unspecified atom stereocenters. The van der Waals surface area contributed by atoms with Gasteiger partial charge in [0.2, 0.25) is 5.78 Å². The molecule has 0 amide bonds. The summed E-state index contributed by atoms with van der Waals surface area (Å²) in [7, 11) is 1.56. The van der Waals surface area contributed by atoms with Gasteiger partial charge in [-0.3, -0.25) is 9.59 Å². The lowest BCUT2D eigenvalue weighted by atomic mass is 9.54. The van der Waals surface area contributed by atoms with Crippen molar-refractivity contribution in [3.05, 3.63) is 40.7 Å². The largest absolute Gasteiger partial charge is 0.504 e. The minimum atomic E-state index is -0.951. The van der Waals surface area contributed by atoms with Gasteiger partial charge in [0.05, 0.1) is 12.5 Å². The highest BCUT2D eigenvalue weighted by atomic mass is 16.6. The molecule has 3 atom stereocenters. The highest BCUT2D eigenvalue weighted by Gasteiger charge is 2.70. The van der Waals surface area contributed by atoms with Crippen LogP contribution in [-0.4, -0.2) is 36.0 Å². The number of aliphatic hydroxyl groups excluding tert-OH is 1. The Morgan fingerprint density at radius 3 is 2.57 bits per heavy atom. The average molecular weight is 314 g/mol. The molecule has 3 aliphatic rings. The maximum absolute atomic E-state index is 12.6. The maximum atomic E-state index is 12.6. The van der Waals surface area contributed by atoms with Crippen molar-refractivity contribution < 1.29 is 24.2 Å². The van der Waals surface area contributed by atoms with Gasteiger partial charge in [-0.15, -0.1) is 0 Å². The molecule has 2 aliphatic carbocycles. The van der Waals surface area contributed by atoms with Crippen molar-refractivity contribution in [2.24, 2.45) is 5.41 Å². The summed E-state index contributed by atoms with van der Waals surface area (Å²) < 4.78 is 11.0. The lowest BCUT2D eigenvalue weighted by molar-refractivity contribution is -0.127. The molecule has 5 nitrogen and oxygen atoms in total. The summed E-state index contributed by atoms with van der Waals surface area (Å²) in [6, 6.07) is 5.17. The van der Waals surface area contributed by atoms with Gasteiger partial charge in [0.15, 0.2) is 11.5 Å². The Morgan fingerprint density at radius 2 is 1.91 bits per heavy atom. The van der Waals surface area contributed by atoms with E-state index in [4.69, 9.17) is 9.47 Å². The van der Waals surface area contributed by atoms with Crippen LogP contribution in [0.2, 0.25) is 0 Å². The van der Waals surface area contributed by atoms with Crippen molar-refractivity contribution in [3.8, 4) is 5.75 Å². The van der Waals surface area contributed by atoms with Crippen LogP contribution in [0.25, 0.3) is 0 Å². The molecular formula is C18H18O5. The number of carbonyl (C=O) groups excluding carboxylic acids is 2. The van der Waals surface area contributed by atoms with E-state index in [1.165, 1.54) is 0 Å². The van der Waals surface area contributed by atoms with Crippen LogP contribution in [0.1, 0.15) is 36.7 Å². The second kappa shape index (κ2) is 4.03. The Balaban J connectivity index is 2.06. The number of methoxy groups -OCH3 is 1. The number of ketones is 2. The molecular weight excluding hydrogens is 296 g/mol. The van der Waals surface area contributed by atoms with Gasteiger partial charge in [0.1, 0.15) is 18.0 Å². The zero-order valence-corrected chi connectivity index (χ0v) is 13.5. The summed E-state index contributed by atoms with van der Waals surface area (Å²) in [5.41, 5.74) is -0.0205. The number of ether oxygens (including phenoxy) is 2. The van der Waals surface area contributed by atoms with Crippen molar-refractivity contribution in [2.45, 2.75) is 38.4 Å². The minimum absolute atomic E-state index is 0.0827. The number of allylic oxidation sites excluding steroid dienone is 1. The van der Waals surface area contributed by atoms with E-state index in [1.54, 1.807) is 33.1 Å². The fourth-order valence-corrected chi connectivity index (χ4v) is 4.37. The molecule has 0 spiro atoms. The van der Waals surface area contributed by atoms with Crippen LogP contribution in [0.4, 0.5) is 0 Å². The van der Waals surface area contributed by atoms with Crippen molar-refractivity contribution in [2.75, 3.05) is 7.11 Å². The van der Waals surface area contributed by atoms with E-state index in [-0.39, 0.29) is 17.6 Å². The zero-order chi connectivity index (χ0) is 16.7. The highest BCUT2D eigenvalue weighted by molar-refractivity contribution is 6.13. The van der Waals surface area contributed by atoms with Gasteiger partial charge in [0.25, 0.3) is 0 Å². The number of Topliss-reactive ketones (excluding diaryl/α,β-unsaturated/α-hetero) is 2. The molecule has 4 rings (SSSR count). The van der Waals surface area contributed by atoms with E-state index in [1.807, 2.05) is 13.0 Å². The Bertz CT molecular complexity index is 804. The van der Waals surface area contributed by atoms with Gasteiger partial charge < -0.3 is 14.6 Å². The number of benzene rings is 1. The van der Waals surface area contributed by atoms with Gasteiger partial charge in [-0.1, -0.05) is 0 Å². The van der Waals surface area contributed by atoms with Gasteiger partial charge in [-0.25, -0.2) is 0 Å². The first kappa shape index (κ1) is 14.5. The van der Waals surface area contributed by atoms with Crippen LogP contribution < -0.4 is 4.74 Å². The topological polar surface area (TPSA) is 76.1 Å². The predicted octanol–water partition coefficient (Wildman–Crippen LogP) is 2.34. The number of hydrogen-bond acceptors (Lipinski definition) is 5. The van der Waals surface area contributed by atoms with Crippen molar-refractivity contribution in [3.63, 3.8) is 0 Å². The molecule has 1 heterocycles. The molecule has 1 saturated carbocycles. The van der Waals surface area contributed by atoms with Gasteiger partial charge in [-0.2, -0.15) is 0 Å². The van der Waals surface area contributed by atoms with Crippen LogP contribution in [0.3, 0.4) is 0 Å². The Morgan fingerprint density at radius 1 is 1.22 bits per heavy atom. The molecule has 120 valence electrons. The molecule has 0 radical (unpaired) electrons. The standard InChI is InChI=1S/C18H18O5/c1-17(2)14-12(20)11(19)9-6-5-8(22-4)7-10(9)18(14,3)16-13(23-16)15(17)21/h5-7,13,16,20H,1-4H3. The zero-order valence-electron chi connectivity index (χ0n) is 13.5. The van der Waals surface area contributed by atoms with Gasteiger partial charge >= 0.3 is 0 Å². The first-order chi connectivity index (χ1) is 10.7. The summed E-state index contributed by atoms with van der Waals surface area (Å²) in [4.78, 5) is 25.2. The lowest BCUT2D eigenvalue weighted by Gasteiger charge is -2.45. The van der Waals surface area contributed by atoms with Crippen LogP contribution in [0.15, 0.2) is 29.5 Å². The molecule has 23 heavy (non-hydrogen) atoms. The fourth-order valence-electron chi connectivity index (χ4n) is 4.37. The van der Waals surface area contributed by atoms with Crippen molar-refractivity contribution >= 4 is 11.6 Å². The van der Waals surface area contributed by atoms with E-state index < -0.39 is 22.7 Å². The second-order valence-electron chi connectivity index (χ2n) is 7.13. The molecule has 1 saturated heterocycles. The molecule has 0 aromatic heterocycles. The Hall–Kier alpha value is -2.14. The quantitative estimate of drug-likeness (QED) is 0.805. The lowest BCUT2D eigenvalue weighted by Crippen LogP contribution is -2.52. The van der Waals surface area contributed by atoms with Crippen LogP contribution in [-0.2, 0) is 14.9 Å². The number of rotatable bonds is 1. The summed E-state index contributed by atoms with van der Waals surface area (Å²) in [5.74, 6) is -0.223. The predicted molar refractivity (Wildman–Crippen MR) is 81.8 cm³/mol. The molecule has 2 fully saturated rings. The monoisotopic (exact) mass is 314 g/mol. The summed E-state index contributed by atoms with van der Waals surface area (Å²) >= 11 is 0. The highest BCUT2D eigenvalue weighted by Crippen LogP contribution is 2.61.